The molecule has 0 bridgehead atoms. The van der Waals surface area contributed by atoms with Gasteiger partial charge in [-0.05, 0) is 18.2 Å². The van der Waals surface area contributed by atoms with Crippen LogP contribution in [0.1, 0.15) is 16.8 Å². The van der Waals surface area contributed by atoms with Crippen LogP contribution in [0.3, 0.4) is 0 Å². The minimum absolute atomic E-state index is 0.0492. The molecule has 0 heterocycles. The molecular formula is C11H11F4NO2. The molecule has 0 unspecified atom stereocenters. The molecule has 0 aliphatic rings. The molecule has 1 aromatic rings. The van der Waals surface area contributed by atoms with Crippen LogP contribution in [-0.4, -0.2) is 30.8 Å². The van der Waals surface area contributed by atoms with Crippen LogP contribution in [0.25, 0.3) is 0 Å². The number of benzene rings is 1. The molecule has 18 heavy (non-hydrogen) atoms. The minimum Gasteiger partial charge on any atom is -0.478 e. The largest absolute Gasteiger partial charge is 0.478 e. The maximum atomic E-state index is 12.9. The van der Waals surface area contributed by atoms with E-state index in [0.29, 0.717) is 0 Å². The van der Waals surface area contributed by atoms with Crippen molar-refractivity contribution in [2.75, 3.05) is 18.5 Å². The van der Waals surface area contributed by atoms with Crippen molar-refractivity contribution in [1.29, 1.82) is 0 Å². The molecule has 1 aromatic carbocycles. The van der Waals surface area contributed by atoms with Gasteiger partial charge in [0.05, 0.1) is 17.7 Å². The monoisotopic (exact) mass is 265 g/mol. The summed E-state index contributed by atoms with van der Waals surface area (Å²) in [5.41, 5.74) is -0.312. The smallest absolute Gasteiger partial charge is 0.390 e. The van der Waals surface area contributed by atoms with Crippen molar-refractivity contribution in [2.45, 2.75) is 12.6 Å². The molecule has 3 nitrogen and oxygen atoms in total. The van der Waals surface area contributed by atoms with Gasteiger partial charge in [0, 0.05) is 13.6 Å². The third kappa shape index (κ3) is 3.90. The summed E-state index contributed by atoms with van der Waals surface area (Å²) in [4.78, 5) is 12.0. The van der Waals surface area contributed by atoms with Crippen LogP contribution in [0.5, 0.6) is 0 Å². The normalized spacial score (nSPS) is 11.4. The zero-order chi connectivity index (χ0) is 13.9. The van der Waals surface area contributed by atoms with Crippen molar-refractivity contribution in [2.24, 2.45) is 0 Å². The van der Waals surface area contributed by atoms with Crippen molar-refractivity contribution in [1.82, 2.24) is 0 Å². The third-order valence-electron chi connectivity index (χ3n) is 2.33. The van der Waals surface area contributed by atoms with E-state index in [4.69, 9.17) is 5.11 Å². The molecule has 0 amide bonds. The van der Waals surface area contributed by atoms with Crippen LogP contribution in [-0.2, 0) is 0 Å². The molecule has 0 aromatic heterocycles. The van der Waals surface area contributed by atoms with Gasteiger partial charge in [-0.25, -0.2) is 9.18 Å². The summed E-state index contributed by atoms with van der Waals surface area (Å²) >= 11 is 0. The number of alkyl halides is 3. The molecule has 1 N–H and O–H groups in total. The number of carboxylic acid groups (broad SMARTS) is 1. The lowest BCUT2D eigenvalue weighted by Gasteiger charge is -2.21. The van der Waals surface area contributed by atoms with Crippen LogP contribution in [0.15, 0.2) is 18.2 Å². The molecule has 0 radical (unpaired) electrons. The summed E-state index contributed by atoms with van der Waals surface area (Å²) < 4.78 is 49.0. The topological polar surface area (TPSA) is 40.5 Å². The van der Waals surface area contributed by atoms with Gasteiger partial charge in [0.15, 0.2) is 0 Å². The Bertz CT molecular complexity index is 445. The summed E-state index contributed by atoms with van der Waals surface area (Å²) in [5, 5.41) is 8.85. The van der Waals surface area contributed by atoms with Crippen molar-refractivity contribution in [3.8, 4) is 0 Å². The molecule has 0 saturated heterocycles. The van der Waals surface area contributed by atoms with Gasteiger partial charge in [-0.1, -0.05) is 0 Å². The van der Waals surface area contributed by atoms with Gasteiger partial charge in [-0.2, -0.15) is 13.2 Å². The highest BCUT2D eigenvalue weighted by Crippen LogP contribution is 2.24. The summed E-state index contributed by atoms with van der Waals surface area (Å²) in [6.07, 6.45) is -5.39. The Morgan fingerprint density at radius 2 is 2.00 bits per heavy atom. The molecule has 0 atom stereocenters. The number of hydrogen-bond acceptors (Lipinski definition) is 2. The number of rotatable bonds is 4. The molecule has 100 valence electrons. The lowest BCUT2D eigenvalue weighted by molar-refractivity contribution is -0.132. The first-order valence-electron chi connectivity index (χ1n) is 5.01. The van der Waals surface area contributed by atoms with E-state index < -0.39 is 30.9 Å². The highest BCUT2D eigenvalue weighted by Gasteiger charge is 2.27. The SMILES string of the molecule is CN(CCC(F)(F)F)c1ccc(F)cc1C(=O)O. The second-order valence-corrected chi connectivity index (χ2v) is 3.75. The van der Waals surface area contributed by atoms with Crippen LogP contribution in [0, 0.1) is 5.82 Å². The predicted molar refractivity (Wildman–Crippen MR) is 57.3 cm³/mol. The van der Waals surface area contributed by atoms with Crippen molar-refractivity contribution < 1.29 is 27.5 Å². The molecular weight excluding hydrogens is 254 g/mol. The lowest BCUT2D eigenvalue weighted by Crippen LogP contribution is -2.25. The maximum Gasteiger partial charge on any atom is 0.390 e. The van der Waals surface area contributed by atoms with Crippen molar-refractivity contribution >= 4 is 11.7 Å². The zero-order valence-electron chi connectivity index (χ0n) is 9.46. The Kier molecular flexibility index (Phi) is 4.15. The fourth-order valence-electron chi connectivity index (χ4n) is 1.43. The van der Waals surface area contributed by atoms with Gasteiger partial charge in [-0.3, -0.25) is 0 Å². The maximum absolute atomic E-state index is 12.9. The molecule has 7 heteroatoms. The number of nitrogens with zero attached hydrogens (tertiary/aromatic N) is 1. The lowest BCUT2D eigenvalue weighted by atomic mass is 10.1. The fraction of sp³-hybridized carbons (Fsp3) is 0.364. The van der Waals surface area contributed by atoms with E-state index in [1.54, 1.807) is 0 Å². The highest BCUT2D eigenvalue weighted by atomic mass is 19.4. The van der Waals surface area contributed by atoms with Crippen molar-refractivity contribution in [3.05, 3.63) is 29.6 Å². The number of carboxylic acids is 1. The Morgan fingerprint density at radius 1 is 1.39 bits per heavy atom. The van der Waals surface area contributed by atoms with Gasteiger partial charge < -0.3 is 10.0 Å². The molecule has 0 fully saturated rings. The first-order valence-corrected chi connectivity index (χ1v) is 5.01. The minimum atomic E-state index is -4.32. The molecule has 0 saturated carbocycles. The molecule has 0 aliphatic carbocycles. The quantitative estimate of drug-likeness (QED) is 0.851. The number of aromatic carboxylic acids is 1. The third-order valence-corrected chi connectivity index (χ3v) is 2.33. The van der Waals surface area contributed by atoms with E-state index in [2.05, 4.69) is 0 Å². The van der Waals surface area contributed by atoms with E-state index >= 15 is 0 Å². The van der Waals surface area contributed by atoms with Gasteiger partial charge in [0.1, 0.15) is 5.82 Å². The van der Waals surface area contributed by atoms with E-state index in [-0.39, 0.29) is 11.3 Å². The number of halogens is 4. The summed E-state index contributed by atoms with van der Waals surface area (Å²) in [7, 11) is 1.32. The first-order chi connectivity index (χ1) is 8.20. The van der Waals surface area contributed by atoms with E-state index in [9.17, 15) is 22.4 Å². The second kappa shape index (κ2) is 5.24. The van der Waals surface area contributed by atoms with Gasteiger partial charge in [0.25, 0.3) is 0 Å². The first kappa shape index (κ1) is 14.3. The van der Waals surface area contributed by atoms with Crippen LogP contribution < -0.4 is 4.90 Å². The zero-order valence-corrected chi connectivity index (χ0v) is 9.46. The van der Waals surface area contributed by atoms with Gasteiger partial charge >= 0.3 is 12.1 Å². The highest BCUT2D eigenvalue weighted by molar-refractivity contribution is 5.94. The Hall–Kier alpha value is -1.79. The Morgan fingerprint density at radius 3 is 2.50 bits per heavy atom. The van der Waals surface area contributed by atoms with Crippen LogP contribution >= 0.6 is 0 Å². The Labute approximate surface area is 101 Å². The predicted octanol–water partition coefficient (Wildman–Crippen LogP) is 2.91. The average Bonchev–Trinajstić information content (AvgIpc) is 2.24. The van der Waals surface area contributed by atoms with Crippen LogP contribution in [0.4, 0.5) is 23.2 Å². The van der Waals surface area contributed by atoms with Gasteiger partial charge in [0.2, 0.25) is 0 Å². The summed E-state index contributed by atoms with van der Waals surface area (Å²) in [5.74, 6) is -2.14. The van der Waals surface area contributed by atoms with E-state index in [1.165, 1.54) is 7.05 Å². The Balaban J connectivity index is 2.91. The standard InChI is InChI=1S/C11H11F4NO2/c1-16(5-4-11(13,14)15)9-3-2-7(12)6-8(9)10(17)18/h2-3,6H,4-5H2,1H3,(H,17,18). The molecule has 0 aliphatic heterocycles. The van der Waals surface area contributed by atoms with E-state index in [0.717, 1.165) is 23.1 Å². The number of anilines is 1. The van der Waals surface area contributed by atoms with Crippen molar-refractivity contribution in [3.63, 3.8) is 0 Å². The van der Waals surface area contributed by atoms with Crippen LogP contribution in [0.2, 0.25) is 0 Å². The van der Waals surface area contributed by atoms with Gasteiger partial charge in [-0.15, -0.1) is 0 Å². The average molecular weight is 265 g/mol. The molecule has 1 rings (SSSR count). The fourth-order valence-corrected chi connectivity index (χ4v) is 1.43. The number of hydrogen-bond donors (Lipinski definition) is 1. The molecule has 0 spiro atoms. The second-order valence-electron chi connectivity index (χ2n) is 3.75. The summed E-state index contributed by atoms with van der Waals surface area (Å²) in [6, 6.07) is 2.93. The number of carbonyl (C=O) groups is 1. The summed E-state index contributed by atoms with van der Waals surface area (Å²) in [6.45, 7) is -0.393. The van der Waals surface area contributed by atoms with E-state index in [1.807, 2.05) is 0 Å².